The van der Waals surface area contributed by atoms with Gasteiger partial charge in [-0.1, -0.05) is 13.8 Å². The molecule has 0 aliphatic rings. The first-order valence-corrected chi connectivity index (χ1v) is 5.97. The second-order valence-corrected chi connectivity index (χ2v) is 4.26. The highest BCUT2D eigenvalue weighted by Gasteiger charge is 2.08. The first kappa shape index (κ1) is 11.2. The number of rotatable bonds is 5. The van der Waals surface area contributed by atoms with Crippen molar-refractivity contribution < 1.29 is 4.79 Å². The molecule has 1 aromatic rings. The number of amides is 1. The Morgan fingerprint density at radius 2 is 2.43 bits per heavy atom. The second kappa shape index (κ2) is 5.81. The number of carbonyl (C=O) groups is 1. The standard InChI is InChI=1S/C11H17NOS/c1-3-9(2)11(13)12-6-4-10-5-7-14-8-10/h5,7-9H,3-4,6H2,1-2H3,(H,12,13)/t9-/m0/s1. The van der Waals surface area contributed by atoms with Crippen LogP contribution in [0.2, 0.25) is 0 Å². The maximum Gasteiger partial charge on any atom is 0.222 e. The molecule has 1 heterocycles. The van der Waals surface area contributed by atoms with Gasteiger partial charge in [0.15, 0.2) is 0 Å². The molecule has 0 saturated heterocycles. The Labute approximate surface area is 89.3 Å². The van der Waals surface area contributed by atoms with E-state index in [1.54, 1.807) is 11.3 Å². The van der Waals surface area contributed by atoms with E-state index in [9.17, 15) is 4.79 Å². The predicted molar refractivity (Wildman–Crippen MR) is 60.5 cm³/mol. The number of thiophene rings is 1. The minimum absolute atomic E-state index is 0.137. The SMILES string of the molecule is CC[C@H](C)C(=O)NCCc1ccsc1. The summed E-state index contributed by atoms with van der Waals surface area (Å²) < 4.78 is 0. The third-order valence-corrected chi connectivity index (χ3v) is 3.09. The number of nitrogens with one attached hydrogen (secondary N) is 1. The molecule has 3 heteroatoms. The van der Waals surface area contributed by atoms with Gasteiger partial charge >= 0.3 is 0 Å². The van der Waals surface area contributed by atoms with E-state index in [0.717, 1.165) is 19.4 Å². The molecule has 1 amide bonds. The highest BCUT2D eigenvalue weighted by Crippen LogP contribution is 2.06. The fraction of sp³-hybridized carbons (Fsp3) is 0.545. The molecule has 78 valence electrons. The van der Waals surface area contributed by atoms with Gasteiger partial charge in [-0.15, -0.1) is 0 Å². The first-order valence-electron chi connectivity index (χ1n) is 5.02. The molecular weight excluding hydrogens is 194 g/mol. The van der Waals surface area contributed by atoms with Gasteiger partial charge < -0.3 is 5.32 Å². The van der Waals surface area contributed by atoms with Crippen LogP contribution in [0.25, 0.3) is 0 Å². The van der Waals surface area contributed by atoms with Crippen molar-refractivity contribution >= 4 is 17.2 Å². The normalized spacial score (nSPS) is 12.4. The molecule has 1 aromatic heterocycles. The van der Waals surface area contributed by atoms with Gasteiger partial charge in [0.2, 0.25) is 5.91 Å². The summed E-state index contributed by atoms with van der Waals surface area (Å²) in [5.41, 5.74) is 1.31. The predicted octanol–water partition coefficient (Wildman–Crippen LogP) is 2.45. The molecule has 0 aliphatic heterocycles. The summed E-state index contributed by atoms with van der Waals surface area (Å²) in [6.45, 7) is 4.74. The lowest BCUT2D eigenvalue weighted by Crippen LogP contribution is -2.30. The molecule has 1 rings (SSSR count). The van der Waals surface area contributed by atoms with Gasteiger partial charge in [-0.3, -0.25) is 4.79 Å². The molecule has 1 atom stereocenters. The van der Waals surface area contributed by atoms with Crippen LogP contribution in [-0.4, -0.2) is 12.5 Å². The molecule has 0 unspecified atom stereocenters. The average molecular weight is 211 g/mol. The Hall–Kier alpha value is -0.830. The van der Waals surface area contributed by atoms with Crippen LogP contribution in [0.3, 0.4) is 0 Å². The van der Waals surface area contributed by atoms with Crippen LogP contribution in [0.1, 0.15) is 25.8 Å². The molecular formula is C11H17NOS. The summed E-state index contributed by atoms with van der Waals surface area (Å²) in [5, 5.41) is 7.12. The van der Waals surface area contributed by atoms with Crippen molar-refractivity contribution in [3.63, 3.8) is 0 Å². The van der Waals surface area contributed by atoms with Gasteiger partial charge in [0, 0.05) is 12.5 Å². The van der Waals surface area contributed by atoms with Crippen molar-refractivity contribution in [1.82, 2.24) is 5.32 Å². The molecule has 0 spiro atoms. The summed E-state index contributed by atoms with van der Waals surface area (Å²) in [6, 6.07) is 2.10. The van der Waals surface area contributed by atoms with Crippen LogP contribution in [0.5, 0.6) is 0 Å². The number of hydrogen-bond donors (Lipinski definition) is 1. The highest BCUT2D eigenvalue weighted by molar-refractivity contribution is 7.07. The topological polar surface area (TPSA) is 29.1 Å². The van der Waals surface area contributed by atoms with Crippen molar-refractivity contribution in [2.24, 2.45) is 5.92 Å². The minimum Gasteiger partial charge on any atom is -0.356 e. The summed E-state index contributed by atoms with van der Waals surface area (Å²) in [4.78, 5) is 11.4. The van der Waals surface area contributed by atoms with Gasteiger partial charge in [0.05, 0.1) is 0 Å². The van der Waals surface area contributed by atoms with Crippen molar-refractivity contribution in [1.29, 1.82) is 0 Å². The van der Waals surface area contributed by atoms with Crippen molar-refractivity contribution in [2.75, 3.05) is 6.54 Å². The van der Waals surface area contributed by atoms with E-state index in [2.05, 4.69) is 22.1 Å². The smallest absolute Gasteiger partial charge is 0.222 e. The van der Waals surface area contributed by atoms with Crippen LogP contribution >= 0.6 is 11.3 Å². The summed E-state index contributed by atoms with van der Waals surface area (Å²) in [5.74, 6) is 0.306. The third-order valence-electron chi connectivity index (χ3n) is 2.35. The van der Waals surface area contributed by atoms with Gasteiger partial charge in [-0.05, 0) is 35.2 Å². The molecule has 0 bridgehead atoms. The zero-order chi connectivity index (χ0) is 10.4. The van der Waals surface area contributed by atoms with E-state index in [-0.39, 0.29) is 11.8 Å². The van der Waals surface area contributed by atoms with Crippen LogP contribution in [0.15, 0.2) is 16.8 Å². The van der Waals surface area contributed by atoms with Crippen LogP contribution in [0.4, 0.5) is 0 Å². The van der Waals surface area contributed by atoms with Crippen molar-refractivity contribution in [3.8, 4) is 0 Å². The lowest BCUT2D eigenvalue weighted by Gasteiger charge is -2.08. The Morgan fingerprint density at radius 3 is 3.00 bits per heavy atom. The maximum atomic E-state index is 11.4. The number of carbonyl (C=O) groups excluding carboxylic acids is 1. The van der Waals surface area contributed by atoms with Crippen molar-refractivity contribution in [3.05, 3.63) is 22.4 Å². The lowest BCUT2D eigenvalue weighted by atomic mass is 10.1. The first-order chi connectivity index (χ1) is 6.74. The van der Waals surface area contributed by atoms with E-state index in [1.807, 2.05) is 13.8 Å². The summed E-state index contributed by atoms with van der Waals surface area (Å²) in [6.07, 6.45) is 1.84. The van der Waals surface area contributed by atoms with Gasteiger partial charge in [-0.25, -0.2) is 0 Å². The Kier molecular flexibility index (Phi) is 4.66. The van der Waals surface area contributed by atoms with Crippen LogP contribution in [0, 0.1) is 5.92 Å². The maximum absolute atomic E-state index is 11.4. The summed E-state index contributed by atoms with van der Waals surface area (Å²) >= 11 is 1.70. The molecule has 14 heavy (non-hydrogen) atoms. The van der Waals surface area contributed by atoms with Gasteiger partial charge in [0.25, 0.3) is 0 Å². The largest absolute Gasteiger partial charge is 0.356 e. The summed E-state index contributed by atoms with van der Waals surface area (Å²) in [7, 11) is 0. The Balaban J connectivity index is 2.18. The molecule has 2 nitrogen and oxygen atoms in total. The van der Waals surface area contributed by atoms with Crippen molar-refractivity contribution in [2.45, 2.75) is 26.7 Å². The number of hydrogen-bond acceptors (Lipinski definition) is 2. The van der Waals surface area contributed by atoms with E-state index in [0.29, 0.717) is 0 Å². The highest BCUT2D eigenvalue weighted by atomic mass is 32.1. The fourth-order valence-corrected chi connectivity index (χ4v) is 1.83. The third kappa shape index (κ3) is 3.50. The van der Waals surface area contributed by atoms with E-state index < -0.39 is 0 Å². The fourth-order valence-electron chi connectivity index (χ4n) is 1.12. The molecule has 0 aliphatic carbocycles. The molecule has 0 saturated carbocycles. The minimum atomic E-state index is 0.137. The Morgan fingerprint density at radius 1 is 1.64 bits per heavy atom. The zero-order valence-electron chi connectivity index (χ0n) is 8.75. The van der Waals surface area contributed by atoms with E-state index in [4.69, 9.17) is 0 Å². The second-order valence-electron chi connectivity index (χ2n) is 3.48. The quantitative estimate of drug-likeness (QED) is 0.796. The van der Waals surface area contributed by atoms with Crippen LogP contribution in [-0.2, 0) is 11.2 Å². The van der Waals surface area contributed by atoms with Crippen LogP contribution < -0.4 is 5.32 Å². The molecule has 0 aromatic carbocycles. The lowest BCUT2D eigenvalue weighted by molar-refractivity contribution is -0.124. The monoisotopic (exact) mass is 211 g/mol. The Bertz CT molecular complexity index is 269. The molecule has 0 radical (unpaired) electrons. The van der Waals surface area contributed by atoms with E-state index in [1.165, 1.54) is 5.56 Å². The average Bonchev–Trinajstić information content (AvgIpc) is 2.69. The van der Waals surface area contributed by atoms with Gasteiger partial charge in [-0.2, -0.15) is 11.3 Å². The van der Waals surface area contributed by atoms with Gasteiger partial charge in [0.1, 0.15) is 0 Å². The van der Waals surface area contributed by atoms with E-state index >= 15 is 0 Å². The zero-order valence-corrected chi connectivity index (χ0v) is 9.56. The molecule has 1 N–H and O–H groups in total. The molecule has 0 fully saturated rings.